The highest BCUT2D eigenvalue weighted by Gasteiger charge is 2.31. The number of aromatic nitrogens is 2. The molecule has 0 saturated carbocycles. The molecule has 0 radical (unpaired) electrons. The number of sulfonamides is 1. The molecule has 4 rings (SSSR count). The zero-order valence-electron chi connectivity index (χ0n) is 14.1. The summed E-state index contributed by atoms with van der Waals surface area (Å²) in [5, 5.41) is 18.1. The van der Waals surface area contributed by atoms with E-state index in [-0.39, 0.29) is 16.1 Å². The van der Waals surface area contributed by atoms with Gasteiger partial charge in [-0.2, -0.15) is 4.31 Å². The van der Waals surface area contributed by atoms with Crippen LogP contribution in [0.1, 0.15) is 0 Å². The molecule has 0 bridgehead atoms. The monoisotopic (exact) mass is 389 g/mol. The Balaban J connectivity index is 1.51. The first-order valence-corrected chi connectivity index (χ1v) is 9.62. The lowest BCUT2D eigenvalue weighted by Crippen LogP contribution is -2.48. The number of nitro groups is 1. The standard InChI is InChI=1S/C16H15N5O5S/c22-21(23)13-6-4-12(5-7-13)19-8-10-20(11-9-19)27(24,25)15-3-1-2-14-16(15)18-26-17-14/h1-7H,8-11H2. The molecule has 1 aliphatic heterocycles. The van der Waals surface area contributed by atoms with Crippen LogP contribution in [0.5, 0.6) is 0 Å². The molecule has 3 aromatic rings. The summed E-state index contributed by atoms with van der Waals surface area (Å²) in [4.78, 5) is 12.4. The Labute approximate surface area is 154 Å². The summed E-state index contributed by atoms with van der Waals surface area (Å²) in [6, 6.07) is 11.0. The Morgan fingerprint density at radius 2 is 1.70 bits per heavy atom. The van der Waals surface area contributed by atoms with Gasteiger partial charge in [-0.3, -0.25) is 10.1 Å². The van der Waals surface area contributed by atoms with Gasteiger partial charge in [-0.25, -0.2) is 13.0 Å². The molecule has 2 aromatic carbocycles. The summed E-state index contributed by atoms with van der Waals surface area (Å²) in [5.41, 5.74) is 1.45. The summed E-state index contributed by atoms with van der Waals surface area (Å²) in [5.74, 6) is 0. The van der Waals surface area contributed by atoms with Crippen LogP contribution >= 0.6 is 0 Å². The number of nitro benzene ring substituents is 1. The number of hydrogen-bond donors (Lipinski definition) is 0. The van der Waals surface area contributed by atoms with Crippen molar-refractivity contribution in [2.45, 2.75) is 4.90 Å². The van der Waals surface area contributed by atoms with E-state index in [2.05, 4.69) is 14.9 Å². The predicted molar refractivity (Wildman–Crippen MR) is 95.9 cm³/mol. The molecule has 1 aromatic heterocycles. The third-order valence-electron chi connectivity index (χ3n) is 4.53. The number of piperazine rings is 1. The quantitative estimate of drug-likeness (QED) is 0.487. The third-order valence-corrected chi connectivity index (χ3v) is 6.46. The molecule has 11 heteroatoms. The maximum atomic E-state index is 13.0. The maximum Gasteiger partial charge on any atom is 0.269 e. The molecule has 1 saturated heterocycles. The number of benzene rings is 2. The second-order valence-corrected chi connectivity index (χ2v) is 7.96. The van der Waals surface area contributed by atoms with E-state index in [0.717, 1.165) is 5.69 Å². The van der Waals surface area contributed by atoms with Gasteiger partial charge in [-0.15, -0.1) is 0 Å². The highest BCUT2D eigenvalue weighted by Crippen LogP contribution is 2.26. The minimum absolute atomic E-state index is 0.0225. The lowest BCUT2D eigenvalue weighted by atomic mass is 10.2. The van der Waals surface area contributed by atoms with Gasteiger partial charge in [-0.05, 0) is 34.6 Å². The fourth-order valence-corrected chi connectivity index (χ4v) is 4.66. The molecule has 1 fully saturated rings. The molecule has 1 aliphatic rings. The zero-order valence-corrected chi connectivity index (χ0v) is 14.9. The van der Waals surface area contributed by atoms with Gasteiger partial charge in [-0.1, -0.05) is 6.07 Å². The first-order chi connectivity index (χ1) is 13.0. The van der Waals surface area contributed by atoms with Crippen LogP contribution in [0.25, 0.3) is 11.0 Å². The molecule has 0 aliphatic carbocycles. The smallest absolute Gasteiger partial charge is 0.269 e. The summed E-state index contributed by atoms with van der Waals surface area (Å²) in [7, 11) is -3.73. The van der Waals surface area contributed by atoms with E-state index in [1.807, 2.05) is 4.90 Å². The van der Waals surface area contributed by atoms with Crippen molar-refractivity contribution in [3.05, 3.63) is 52.6 Å². The molecule has 0 N–H and O–H groups in total. The van der Waals surface area contributed by atoms with Crippen LogP contribution in [-0.2, 0) is 10.0 Å². The largest absolute Gasteiger partial charge is 0.369 e. The number of anilines is 1. The number of hydrogen-bond acceptors (Lipinski definition) is 8. The maximum absolute atomic E-state index is 13.0. The van der Waals surface area contributed by atoms with Crippen LogP contribution < -0.4 is 4.90 Å². The molecular formula is C16H15N5O5S. The van der Waals surface area contributed by atoms with Crippen molar-refractivity contribution < 1.29 is 18.0 Å². The van der Waals surface area contributed by atoms with Crippen LogP contribution in [0.4, 0.5) is 11.4 Å². The van der Waals surface area contributed by atoms with Gasteiger partial charge in [0, 0.05) is 44.0 Å². The predicted octanol–water partition coefficient (Wildman–Crippen LogP) is 1.64. The van der Waals surface area contributed by atoms with Gasteiger partial charge in [0.25, 0.3) is 5.69 Å². The average molecular weight is 389 g/mol. The number of nitrogens with zero attached hydrogens (tertiary/aromatic N) is 5. The van der Waals surface area contributed by atoms with Crippen LogP contribution in [0, 0.1) is 10.1 Å². The normalized spacial score (nSPS) is 15.9. The van der Waals surface area contributed by atoms with Crippen LogP contribution in [0.15, 0.2) is 52.0 Å². The van der Waals surface area contributed by atoms with Crippen molar-refractivity contribution in [3.8, 4) is 0 Å². The van der Waals surface area contributed by atoms with Crippen molar-refractivity contribution in [3.63, 3.8) is 0 Å². The fraction of sp³-hybridized carbons (Fsp3) is 0.250. The highest BCUT2D eigenvalue weighted by atomic mass is 32.2. The summed E-state index contributed by atoms with van der Waals surface area (Å²) in [6.07, 6.45) is 0. The molecule has 140 valence electrons. The van der Waals surface area contributed by atoms with Gasteiger partial charge in [0.15, 0.2) is 5.52 Å². The van der Waals surface area contributed by atoms with Crippen molar-refractivity contribution in [2.75, 3.05) is 31.1 Å². The van der Waals surface area contributed by atoms with Gasteiger partial charge in [0.2, 0.25) is 10.0 Å². The molecule has 0 unspecified atom stereocenters. The first-order valence-electron chi connectivity index (χ1n) is 8.18. The molecule has 0 amide bonds. The van der Waals surface area contributed by atoms with Crippen LogP contribution in [0.3, 0.4) is 0 Å². The highest BCUT2D eigenvalue weighted by molar-refractivity contribution is 7.89. The van der Waals surface area contributed by atoms with Gasteiger partial charge in [0.1, 0.15) is 10.4 Å². The van der Waals surface area contributed by atoms with E-state index < -0.39 is 14.9 Å². The number of rotatable bonds is 4. The Bertz CT molecular complexity index is 1090. The Morgan fingerprint density at radius 1 is 1.00 bits per heavy atom. The van der Waals surface area contributed by atoms with E-state index >= 15 is 0 Å². The summed E-state index contributed by atoms with van der Waals surface area (Å²) >= 11 is 0. The van der Waals surface area contributed by atoms with Crippen molar-refractivity contribution in [1.82, 2.24) is 14.6 Å². The van der Waals surface area contributed by atoms with E-state index in [1.54, 1.807) is 24.3 Å². The first kappa shape index (κ1) is 17.4. The van der Waals surface area contributed by atoms with Crippen LogP contribution in [-0.4, -0.2) is 54.1 Å². The van der Waals surface area contributed by atoms with Gasteiger partial charge < -0.3 is 4.90 Å². The molecule has 10 nitrogen and oxygen atoms in total. The Hall–Kier alpha value is -3.05. The van der Waals surface area contributed by atoms with E-state index in [9.17, 15) is 18.5 Å². The van der Waals surface area contributed by atoms with E-state index in [1.165, 1.54) is 22.5 Å². The van der Waals surface area contributed by atoms with Crippen molar-refractivity contribution in [1.29, 1.82) is 0 Å². The third kappa shape index (κ3) is 3.11. The molecular weight excluding hydrogens is 374 g/mol. The summed E-state index contributed by atoms with van der Waals surface area (Å²) in [6.45, 7) is 1.54. The SMILES string of the molecule is O=[N+]([O-])c1ccc(N2CCN(S(=O)(=O)c3cccc4nonc34)CC2)cc1. The number of non-ortho nitro benzene ring substituents is 1. The Kier molecular flexibility index (Phi) is 4.24. The lowest BCUT2D eigenvalue weighted by Gasteiger charge is -2.35. The van der Waals surface area contributed by atoms with Gasteiger partial charge in [0.05, 0.1) is 4.92 Å². The van der Waals surface area contributed by atoms with Gasteiger partial charge >= 0.3 is 0 Å². The van der Waals surface area contributed by atoms with E-state index in [4.69, 9.17) is 0 Å². The summed E-state index contributed by atoms with van der Waals surface area (Å²) < 4.78 is 32.0. The minimum Gasteiger partial charge on any atom is -0.369 e. The lowest BCUT2D eigenvalue weighted by molar-refractivity contribution is -0.384. The second-order valence-electron chi connectivity index (χ2n) is 6.05. The zero-order chi connectivity index (χ0) is 19.0. The second kappa shape index (κ2) is 6.59. The van der Waals surface area contributed by atoms with E-state index in [0.29, 0.717) is 31.7 Å². The van der Waals surface area contributed by atoms with Crippen molar-refractivity contribution in [2.24, 2.45) is 0 Å². The molecule has 0 spiro atoms. The molecule has 27 heavy (non-hydrogen) atoms. The molecule has 2 heterocycles. The van der Waals surface area contributed by atoms with Crippen LogP contribution in [0.2, 0.25) is 0 Å². The average Bonchev–Trinajstić information content (AvgIpc) is 3.17. The minimum atomic E-state index is -3.73. The fourth-order valence-electron chi connectivity index (χ4n) is 3.10. The Morgan fingerprint density at radius 3 is 2.37 bits per heavy atom. The number of fused-ring (bicyclic) bond motifs is 1. The topological polar surface area (TPSA) is 123 Å². The molecule has 0 atom stereocenters. The van der Waals surface area contributed by atoms with Crippen molar-refractivity contribution >= 4 is 32.4 Å².